The largest absolute Gasteiger partial charge is 0.454 e. The van der Waals surface area contributed by atoms with E-state index in [4.69, 9.17) is 14.2 Å². The molecule has 1 heterocycles. The van der Waals surface area contributed by atoms with Crippen LogP contribution in [0.5, 0.6) is 0 Å². The number of carbonyl (C=O) groups excluding carboxylic acids is 2. The second kappa shape index (κ2) is 48.5. The van der Waals surface area contributed by atoms with E-state index < -0.39 is 67.4 Å². The molecule has 1 rings (SSSR count). The first-order valence-corrected chi connectivity index (χ1v) is 28.5. The fraction of sp³-hybridized carbons (Fsp3) is 0.705. The number of nitrogens with one attached hydrogen (secondary N) is 1. The first-order chi connectivity index (χ1) is 35.2. The van der Waals surface area contributed by atoms with E-state index in [0.29, 0.717) is 12.8 Å². The average Bonchev–Trinajstić information content (AvgIpc) is 3.38. The van der Waals surface area contributed by atoms with Gasteiger partial charge in [-0.15, -0.1) is 0 Å². The van der Waals surface area contributed by atoms with E-state index in [1.54, 1.807) is 6.08 Å². The molecule has 8 atom stereocenters. The van der Waals surface area contributed by atoms with Gasteiger partial charge in [0.15, 0.2) is 12.4 Å². The fourth-order valence-electron chi connectivity index (χ4n) is 8.16. The monoisotopic (exact) mass is 1010 g/mol. The van der Waals surface area contributed by atoms with Gasteiger partial charge in [0.2, 0.25) is 5.91 Å². The second-order valence-corrected chi connectivity index (χ2v) is 19.3. The van der Waals surface area contributed by atoms with E-state index in [0.717, 1.165) is 109 Å². The number of rotatable bonds is 46. The van der Waals surface area contributed by atoms with Gasteiger partial charge in [-0.25, -0.2) is 0 Å². The number of allylic oxidation sites excluding steroid dienone is 15. The van der Waals surface area contributed by atoms with E-state index in [1.807, 2.05) is 6.08 Å². The quantitative estimate of drug-likeness (QED) is 0.0196. The first kappa shape index (κ1) is 66.6. The summed E-state index contributed by atoms with van der Waals surface area (Å²) in [5.41, 5.74) is 0. The van der Waals surface area contributed by atoms with Crippen LogP contribution < -0.4 is 5.32 Å². The van der Waals surface area contributed by atoms with Gasteiger partial charge in [0.1, 0.15) is 24.4 Å². The highest BCUT2D eigenvalue weighted by Gasteiger charge is 2.47. The number of carbonyl (C=O) groups is 2. The van der Waals surface area contributed by atoms with E-state index in [-0.39, 0.29) is 19.4 Å². The third-order valence-corrected chi connectivity index (χ3v) is 12.7. The van der Waals surface area contributed by atoms with Gasteiger partial charge in [0, 0.05) is 6.42 Å². The Labute approximate surface area is 437 Å². The Hall–Kier alpha value is -3.42. The number of esters is 1. The average molecular weight is 1010 g/mol. The van der Waals surface area contributed by atoms with Crippen molar-refractivity contribution in [2.45, 2.75) is 262 Å². The standard InChI is InChI=1S/C61H103NO10/c1-4-7-10-13-16-19-22-24-25-26-27-28-29-30-31-32-34-37-40-43-46-49-56(66)72-59-58(68)57(67)55(50-63)71-61(59)70-51-52(53(64)47-44-41-38-36-33-23-20-17-14-11-8-5-2)62-60(69)54(65)48-45-42-39-35-21-18-15-12-9-6-3/h7,10,15-16,18-19,24-25,27-28,30-31,34,37,44,47,52-55,57-59,61,63-65,67-68H,4-6,8-9,11-14,17,20-23,26,29,32-33,35-36,38-43,45-46,48-51H2,1-3H3,(H,62,69)/b10-7-,18-15-,19-16-,25-24-,28-27-,31-30-,37-34-,47-44+. The maximum Gasteiger partial charge on any atom is 0.306 e. The maximum absolute atomic E-state index is 13.3. The zero-order valence-electron chi connectivity index (χ0n) is 45.3. The molecule has 0 aromatic heterocycles. The van der Waals surface area contributed by atoms with Gasteiger partial charge >= 0.3 is 5.97 Å². The molecular weight excluding hydrogens is 907 g/mol. The molecule has 1 saturated heterocycles. The summed E-state index contributed by atoms with van der Waals surface area (Å²) in [6, 6.07) is -1.04. The van der Waals surface area contributed by atoms with Gasteiger partial charge in [0.25, 0.3) is 0 Å². The molecular formula is C61H103NO10. The minimum atomic E-state index is -1.64. The van der Waals surface area contributed by atoms with Crippen molar-refractivity contribution in [2.75, 3.05) is 13.2 Å². The highest BCUT2D eigenvalue weighted by atomic mass is 16.7. The minimum absolute atomic E-state index is 0.0628. The molecule has 0 aliphatic carbocycles. The molecule has 0 radical (unpaired) electrons. The van der Waals surface area contributed by atoms with Crippen LogP contribution >= 0.6 is 0 Å². The molecule has 0 bridgehead atoms. The Morgan fingerprint density at radius 1 is 0.556 bits per heavy atom. The summed E-state index contributed by atoms with van der Waals surface area (Å²) in [7, 11) is 0. The van der Waals surface area contributed by atoms with Crippen molar-refractivity contribution in [2.24, 2.45) is 0 Å². The Morgan fingerprint density at radius 3 is 1.56 bits per heavy atom. The van der Waals surface area contributed by atoms with Gasteiger partial charge in [-0.05, 0) is 96.3 Å². The highest BCUT2D eigenvalue weighted by molar-refractivity contribution is 5.80. The topological polar surface area (TPSA) is 175 Å². The van der Waals surface area contributed by atoms with Crippen molar-refractivity contribution in [3.63, 3.8) is 0 Å². The maximum atomic E-state index is 13.3. The number of ether oxygens (including phenoxy) is 3. The molecule has 412 valence electrons. The lowest BCUT2D eigenvalue weighted by molar-refractivity contribution is -0.305. The van der Waals surface area contributed by atoms with Crippen molar-refractivity contribution in [3.8, 4) is 0 Å². The third kappa shape index (κ3) is 36.5. The molecule has 11 heteroatoms. The molecule has 8 unspecified atom stereocenters. The first-order valence-electron chi connectivity index (χ1n) is 28.5. The Morgan fingerprint density at radius 2 is 1.01 bits per heavy atom. The lowest BCUT2D eigenvalue weighted by Gasteiger charge is -2.41. The van der Waals surface area contributed by atoms with Crippen LogP contribution in [0.25, 0.3) is 0 Å². The summed E-state index contributed by atoms with van der Waals surface area (Å²) in [5, 5.41) is 56.7. The number of aliphatic hydroxyl groups excluding tert-OH is 5. The molecule has 72 heavy (non-hydrogen) atoms. The highest BCUT2D eigenvalue weighted by Crippen LogP contribution is 2.26. The Bertz CT molecular complexity index is 1530. The van der Waals surface area contributed by atoms with E-state index in [1.165, 1.54) is 57.8 Å². The molecule has 1 aliphatic rings. The van der Waals surface area contributed by atoms with Crippen LogP contribution in [0.4, 0.5) is 0 Å². The van der Waals surface area contributed by atoms with E-state index >= 15 is 0 Å². The van der Waals surface area contributed by atoms with E-state index in [2.05, 4.69) is 111 Å². The zero-order valence-corrected chi connectivity index (χ0v) is 45.3. The predicted octanol–water partition coefficient (Wildman–Crippen LogP) is 12.8. The van der Waals surface area contributed by atoms with Gasteiger partial charge in [0.05, 0.1) is 25.4 Å². The van der Waals surface area contributed by atoms with Crippen molar-refractivity contribution in [1.29, 1.82) is 0 Å². The van der Waals surface area contributed by atoms with Crippen molar-refractivity contribution in [3.05, 3.63) is 97.2 Å². The van der Waals surface area contributed by atoms with Crippen molar-refractivity contribution in [1.82, 2.24) is 5.32 Å². The fourth-order valence-corrected chi connectivity index (χ4v) is 8.16. The van der Waals surface area contributed by atoms with Crippen LogP contribution in [0.2, 0.25) is 0 Å². The number of unbranched alkanes of at least 4 members (excludes halogenated alkanes) is 18. The van der Waals surface area contributed by atoms with Crippen LogP contribution in [0, 0.1) is 0 Å². The molecule has 1 fully saturated rings. The molecule has 1 aliphatic heterocycles. The predicted molar refractivity (Wildman–Crippen MR) is 296 cm³/mol. The Balaban J connectivity index is 2.73. The molecule has 0 saturated carbocycles. The lowest BCUT2D eigenvalue weighted by Crippen LogP contribution is -2.61. The normalized spacial score (nSPS) is 20.2. The summed E-state index contributed by atoms with van der Waals surface area (Å²) in [4.78, 5) is 26.4. The van der Waals surface area contributed by atoms with Gasteiger partial charge in [-0.2, -0.15) is 0 Å². The third-order valence-electron chi connectivity index (χ3n) is 12.7. The van der Waals surface area contributed by atoms with Crippen LogP contribution in [0.15, 0.2) is 97.2 Å². The van der Waals surface area contributed by atoms with Crippen LogP contribution in [-0.4, -0.2) is 99.6 Å². The second-order valence-electron chi connectivity index (χ2n) is 19.3. The number of amides is 1. The van der Waals surface area contributed by atoms with Crippen molar-refractivity contribution >= 4 is 11.9 Å². The van der Waals surface area contributed by atoms with Crippen LogP contribution in [0.1, 0.15) is 213 Å². The van der Waals surface area contributed by atoms with E-state index in [9.17, 15) is 35.1 Å². The molecule has 0 spiro atoms. The molecule has 6 N–H and O–H groups in total. The number of aliphatic hydroxyl groups is 5. The lowest BCUT2D eigenvalue weighted by atomic mass is 9.99. The molecule has 1 amide bonds. The number of hydrogen-bond donors (Lipinski definition) is 6. The summed E-state index contributed by atoms with van der Waals surface area (Å²) in [6.07, 6.45) is 53.2. The molecule has 0 aromatic carbocycles. The minimum Gasteiger partial charge on any atom is -0.454 e. The summed E-state index contributed by atoms with van der Waals surface area (Å²) >= 11 is 0. The van der Waals surface area contributed by atoms with Crippen LogP contribution in [-0.2, 0) is 23.8 Å². The zero-order chi connectivity index (χ0) is 52.5. The number of hydrogen-bond acceptors (Lipinski definition) is 10. The van der Waals surface area contributed by atoms with Crippen LogP contribution in [0.3, 0.4) is 0 Å². The van der Waals surface area contributed by atoms with Gasteiger partial charge in [-0.3, -0.25) is 9.59 Å². The summed E-state index contributed by atoms with van der Waals surface area (Å²) in [6.45, 7) is 5.57. The summed E-state index contributed by atoms with van der Waals surface area (Å²) in [5.74, 6) is -1.26. The smallest absolute Gasteiger partial charge is 0.306 e. The Kier molecular flexibility index (Phi) is 44.9. The SMILES string of the molecule is CC/C=C\C/C=C\C/C=C\C/C=C\C/C=C\C/C=C\CCCCC(=O)OC1C(OCC(NC(=O)C(O)CCCCCC/C=C\CCCC)C(O)/C=C/CCCCCCCCCCCC)OC(CO)C(O)C1O. The van der Waals surface area contributed by atoms with Crippen molar-refractivity contribution < 1.29 is 49.3 Å². The molecule has 0 aromatic rings. The van der Waals surface area contributed by atoms with Gasteiger partial charge < -0.3 is 45.1 Å². The van der Waals surface area contributed by atoms with Gasteiger partial charge in [-0.1, -0.05) is 208 Å². The molecule has 11 nitrogen and oxygen atoms in total. The summed E-state index contributed by atoms with van der Waals surface area (Å²) < 4.78 is 17.5.